The van der Waals surface area contributed by atoms with Gasteiger partial charge in [0, 0.05) is 12.1 Å². The number of hydrogen-bond acceptors (Lipinski definition) is 2. The molecule has 0 heterocycles. The summed E-state index contributed by atoms with van der Waals surface area (Å²) in [7, 11) is 0. The van der Waals surface area contributed by atoms with Crippen molar-refractivity contribution in [3.05, 3.63) is 71.3 Å². The van der Waals surface area contributed by atoms with Crippen molar-refractivity contribution in [1.82, 2.24) is 10.2 Å². The van der Waals surface area contributed by atoms with E-state index >= 15 is 0 Å². The summed E-state index contributed by atoms with van der Waals surface area (Å²) in [5, 5.41) is 3.03. The molecule has 2 aromatic rings. The van der Waals surface area contributed by atoms with E-state index in [4.69, 9.17) is 0 Å². The van der Waals surface area contributed by atoms with Crippen molar-refractivity contribution >= 4 is 11.8 Å². The lowest BCUT2D eigenvalue weighted by Gasteiger charge is -2.33. The second-order valence-electron chi connectivity index (χ2n) is 8.34. The van der Waals surface area contributed by atoms with Crippen LogP contribution in [0.4, 0.5) is 0 Å². The molecule has 0 bridgehead atoms. The Balaban J connectivity index is 2.30. The van der Waals surface area contributed by atoms with Crippen LogP contribution in [0.2, 0.25) is 0 Å². The molecule has 1 atom stereocenters. The van der Waals surface area contributed by atoms with Gasteiger partial charge in [-0.2, -0.15) is 0 Å². The molecule has 0 saturated heterocycles. The van der Waals surface area contributed by atoms with E-state index < -0.39 is 6.04 Å². The van der Waals surface area contributed by atoms with E-state index in [1.54, 1.807) is 4.90 Å². The van der Waals surface area contributed by atoms with Crippen molar-refractivity contribution in [3.8, 4) is 0 Å². The quantitative estimate of drug-likeness (QED) is 0.780. The molecular formula is C24H32N2O2. The molecule has 0 unspecified atom stereocenters. The molecule has 0 aliphatic heterocycles. The second kappa shape index (κ2) is 9.54. The molecule has 2 amide bonds. The van der Waals surface area contributed by atoms with Gasteiger partial charge in [0.25, 0.3) is 0 Å². The van der Waals surface area contributed by atoms with Gasteiger partial charge < -0.3 is 10.2 Å². The predicted molar refractivity (Wildman–Crippen MR) is 114 cm³/mol. The van der Waals surface area contributed by atoms with E-state index in [1.165, 1.54) is 0 Å². The van der Waals surface area contributed by atoms with Crippen LogP contribution in [0.1, 0.15) is 50.8 Å². The number of carbonyl (C=O) groups is 2. The standard InChI is InChI=1S/C24H32N2O2/c1-6-21(23(28)25-24(3,4)5)26(17-20-14-10-11-18(2)15-20)22(27)16-19-12-8-7-9-13-19/h7-15,21H,6,16-17H2,1-5H3,(H,25,28)/t21-/m1/s1. The normalized spacial score (nSPS) is 12.3. The van der Waals surface area contributed by atoms with Gasteiger partial charge in [0.05, 0.1) is 6.42 Å². The maximum absolute atomic E-state index is 13.2. The molecule has 0 saturated carbocycles. The van der Waals surface area contributed by atoms with Crippen LogP contribution in [0.15, 0.2) is 54.6 Å². The van der Waals surface area contributed by atoms with Crippen molar-refractivity contribution in [2.75, 3.05) is 0 Å². The van der Waals surface area contributed by atoms with Gasteiger partial charge in [-0.25, -0.2) is 0 Å². The molecular weight excluding hydrogens is 348 g/mol. The fourth-order valence-corrected chi connectivity index (χ4v) is 3.25. The largest absolute Gasteiger partial charge is 0.350 e. The zero-order chi connectivity index (χ0) is 20.7. The van der Waals surface area contributed by atoms with Gasteiger partial charge in [0.2, 0.25) is 11.8 Å². The highest BCUT2D eigenvalue weighted by Crippen LogP contribution is 2.16. The first-order valence-corrected chi connectivity index (χ1v) is 9.90. The summed E-state index contributed by atoms with van der Waals surface area (Å²) in [6.07, 6.45) is 0.847. The SMILES string of the molecule is CC[C@H](C(=O)NC(C)(C)C)N(Cc1cccc(C)c1)C(=O)Cc1ccccc1. The summed E-state index contributed by atoms with van der Waals surface area (Å²) in [5.74, 6) is -0.146. The summed E-state index contributed by atoms with van der Waals surface area (Å²) >= 11 is 0. The molecule has 4 nitrogen and oxygen atoms in total. The summed E-state index contributed by atoms with van der Waals surface area (Å²) in [4.78, 5) is 27.9. The fourth-order valence-electron chi connectivity index (χ4n) is 3.25. The molecule has 0 aliphatic carbocycles. The molecule has 0 aliphatic rings. The lowest BCUT2D eigenvalue weighted by atomic mass is 10.0. The number of carbonyl (C=O) groups excluding carboxylic acids is 2. The van der Waals surface area contributed by atoms with E-state index in [-0.39, 0.29) is 23.8 Å². The third-order valence-corrected chi connectivity index (χ3v) is 4.52. The number of aryl methyl sites for hydroxylation is 1. The zero-order valence-corrected chi connectivity index (χ0v) is 17.7. The van der Waals surface area contributed by atoms with Gasteiger partial charge in [0.1, 0.15) is 6.04 Å². The summed E-state index contributed by atoms with van der Waals surface area (Å²) in [5.41, 5.74) is 2.78. The third-order valence-electron chi connectivity index (χ3n) is 4.52. The average Bonchev–Trinajstić information content (AvgIpc) is 2.61. The zero-order valence-electron chi connectivity index (χ0n) is 17.7. The van der Waals surface area contributed by atoms with Crippen molar-refractivity contribution < 1.29 is 9.59 Å². The van der Waals surface area contributed by atoms with Gasteiger partial charge in [0.15, 0.2) is 0 Å². The molecule has 0 aromatic heterocycles. The van der Waals surface area contributed by atoms with Gasteiger partial charge in [-0.1, -0.05) is 67.1 Å². The van der Waals surface area contributed by atoms with Crippen LogP contribution in [0, 0.1) is 6.92 Å². The van der Waals surface area contributed by atoms with Crippen LogP contribution in [-0.2, 0) is 22.6 Å². The second-order valence-corrected chi connectivity index (χ2v) is 8.34. The first kappa shape index (κ1) is 21.7. The molecule has 150 valence electrons. The highest BCUT2D eigenvalue weighted by atomic mass is 16.2. The average molecular weight is 381 g/mol. The van der Waals surface area contributed by atoms with Crippen LogP contribution in [-0.4, -0.2) is 28.3 Å². The number of amides is 2. The first-order valence-electron chi connectivity index (χ1n) is 9.90. The molecule has 2 rings (SSSR count). The van der Waals surface area contributed by atoms with Crippen LogP contribution in [0.5, 0.6) is 0 Å². The third kappa shape index (κ3) is 6.52. The lowest BCUT2D eigenvalue weighted by molar-refractivity contribution is -0.141. The molecule has 0 spiro atoms. The van der Waals surface area contributed by atoms with Crippen LogP contribution < -0.4 is 5.32 Å². The molecule has 0 fully saturated rings. The molecule has 28 heavy (non-hydrogen) atoms. The molecule has 2 aromatic carbocycles. The Morgan fingerprint density at radius 1 is 1.00 bits per heavy atom. The highest BCUT2D eigenvalue weighted by molar-refractivity contribution is 5.88. The van der Waals surface area contributed by atoms with Gasteiger partial charge in [-0.15, -0.1) is 0 Å². The molecule has 4 heteroatoms. The maximum atomic E-state index is 13.2. The van der Waals surface area contributed by atoms with E-state index in [0.29, 0.717) is 13.0 Å². The van der Waals surface area contributed by atoms with Crippen molar-refractivity contribution in [2.45, 2.75) is 65.6 Å². The van der Waals surface area contributed by atoms with Crippen LogP contribution >= 0.6 is 0 Å². The lowest BCUT2D eigenvalue weighted by Crippen LogP contribution is -2.53. The Hall–Kier alpha value is -2.62. The Morgan fingerprint density at radius 2 is 1.64 bits per heavy atom. The molecule has 1 N–H and O–H groups in total. The van der Waals surface area contributed by atoms with Crippen molar-refractivity contribution in [2.24, 2.45) is 0 Å². The summed E-state index contributed by atoms with van der Waals surface area (Å²) in [6, 6.07) is 17.3. The number of hydrogen-bond donors (Lipinski definition) is 1. The Morgan fingerprint density at radius 3 is 2.21 bits per heavy atom. The van der Waals surface area contributed by atoms with Gasteiger partial charge >= 0.3 is 0 Å². The van der Waals surface area contributed by atoms with Crippen molar-refractivity contribution in [3.63, 3.8) is 0 Å². The van der Waals surface area contributed by atoms with Gasteiger partial charge in [-0.05, 0) is 45.2 Å². The summed E-state index contributed by atoms with van der Waals surface area (Å²) < 4.78 is 0. The maximum Gasteiger partial charge on any atom is 0.243 e. The highest BCUT2D eigenvalue weighted by Gasteiger charge is 2.30. The minimum Gasteiger partial charge on any atom is -0.350 e. The number of nitrogens with one attached hydrogen (secondary N) is 1. The van der Waals surface area contributed by atoms with E-state index in [1.807, 2.05) is 83.1 Å². The Bertz CT molecular complexity index is 794. The molecule has 0 radical (unpaired) electrons. The van der Waals surface area contributed by atoms with Crippen molar-refractivity contribution in [1.29, 1.82) is 0 Å². The van der Waals surface area contributed by atoms with E-state index in [2.05, 4.69) is 11.4 Å². The van der Waals surface area contributed by atoms with E-state index in [9.17, 15) is 9.59 Å². The predicted octanol–water partition coefficient (Wildman–Crippen LogP) is 4.26. The Labute approximate surface area is 169 Å². The van der Waals surface area contributed by atoms with E-state index in [0.717, 1.165) is 16.7 Å². The number of rotatable bonds is 7. The summed E-state index contributed by atoms with van der Waals surface area (Å²) in [6.45, 7) is 10.3. The number of nitrogens with zero attached hydrogens (tertiary/aromatic N) is 1. The minimum atomic E-state index is -0.504. The minimum absolute atomic E-state index is 0.0383. The monoisotopic (exact) mass is 380 g/mol. The number of benzene rings is 2. The first-order chi connectivity index (χ1) is 13.2. The van der Waals surface area contributed by atoms with Gasteiger partial charge in [-0.3, -0.25) is 9.59 Å². The van der Waals surface area contributed by atoms with Crippen LogP contribution in [0.3, 0.4) is 0 Å². The topological polar surface area (TPSA) is 49.4 Å². The van der Waals surface area contributed by atoms with Crippen LogP contribution in [0.25, 0.3) is 0 Å². The Kier molecular flexibility index (Phi) is 7.38. The smallest absolute Gasteiger partial charge is 0.243 e. The fraction of sp³-hybridized carbons (Fsp3) is 0.417.